The van der Waals surface area contributed by atoms with Crippen molar-refractivity contribution in [3.05, 3.63) is 65.2 Å². The predicted octanol–water partition coefficient (Wildman–Crippen LogP) is 4.04. The number of anilines is 1. The highest BCUT2D eigenvalue weighted by Crippen LogP contribution is 2.43. The van der Waals surface area contributed by atoms with Gasteiger partial charge in [0.1, 0.15) is 6.10 Å². The van der Waals surface area contributed by atoms with Crippen LogP contribution in [0.1, 0.15) is 47.2 Å². The van der Waals surface area contributed by atoms with Crippen molar-refractivity contribution in [1.29, 1.82) is 0 Å². The summed E-state index contributed by atoms with van der Waals surface area (Å²) in [5.74, 6) is -0.0199. The standard InChI is InChI=1S/C32H37N5O5S/c1-21-5-3-6-22(2)29(21)27-16-28-34-31(33-27)35-43(39,40)26-8-4-7-23(15-26)30(38)37-14-13-36(17-25(18-37)42-28)24-9-11-32(12-10-24)19-41-20-32/h3-8,15-16,24-25H,9-14,17-20H2,1-2H3,(H,33,34,35)/t25-/m1/s1. The second kappa shape index (κ2) is 10.9. The van der Waals surface area contributed by atoms with Crippen molar-refractivity contribution in [3.63, 3.8) is 0 Å². The van der Waals surface area contributed by atoms with Crippen molar-refractivity contribution < 1.29 is 22.7 Å². The lowest BCUT2D eigenvalue weighted by atomic mass is 9.71. The number of nitrogens with zero attached hydrogens (tertiary/aromatic N) is 4. The molecule has 1 atom stereocenters. The summed E-state index contributed by atoms with van der Waals surface area (Å²) in [6, 6.07) is 14.3. The summed E-state index contributed by atoms with van der Waals surface area (Å²) < 4.78 is 41.6. The topological polar surface area (TPSA) is 114 Å². The quantitative estimate of drug-likeness (QED) is 0.467. The number of carbonyl (C=O) groups is 1. The second-order valence-electron chi connectivity index (χ2n) is 12.5. The Balaban J connectivity index is 1.29. The Morgan fingerprint density at radius 3 is 2.42 bits per heavy atom. The first kappa shape index (κ1) is 28.2. The van der Waals surface area contributed by atoms with E-state index in [4.69, 9.17) is 9.47 Å². The minimum Gasteiger partial charge on any atom is -0.471 e. The molecular weight excluding hydrogens is 566 g/mol. The lowest BCUT2D eigenvalue weighted by molar-refractivity contribution is -0.138. The van der Waals surface area contributed by atoms with E-state index < -0.39 is 10.0 Å². The lowest BCUT2D eigenvalue weighted by Gasteiger charge is -2.48. The first-order valence-electron chi connectivity index (χ1n) is 15.0. The highest BCUT2D eigenvalue weighted by Gasteiger charge is 2.43. The number of amides is 1. The minimum absolute atomic E-state index is 0.0229. The molecule has 0 unspecified atom stereocenters. The third-order valence-electron chi connectivity index (χ3n) is 9.50. The molecule has 226 valence electrons. The average Bonchev–Trinajstić information content (AvgIpc) is 3.18. The second-order valence-corrected chi connectivity index (χ2v) is 14.2. The van der Waals surface area contributed by atoms with Gasteiger partial charge in [0.2, 0.25) is 11.8 Å². The van der Waals surface area contributed by atoms with Crippen LogP contribution < -0.4 is 9.46 Å². The van der Waals surface area contributed by atoms with Crippen molar-refractivity contribution in [2.75, 3.05) is 44.1 Å². The maximum absolute atomic E-state index is 13.8. The van der Waals surface area contributed by atoms with Gasteiger partial charge in [-0.05, 0) is 68.9 Å². The van der Waals surface area contributed by atoms with Crippen molar-refractivity contribution in [2.24, 2.45) is 5.41 Å². The van der Waals surface area contributed by atoms with Gasteiger partial charge in [0, 0.05) is 48.3 Å². The summed E-state index contributed by atoms with van der Waals surface area (Å²) in [5.41, 5.74) is 4.16. The Morgan fingerprint density at radius 1 is 0.953 bits per heavy atom. The predicted molar refractivity (Wildman–Crippen MR) is 162 cm³/mol. The van der Waals surface area contributed by atoms with Gasteiger partial charge in [-0.1, -0.05) is 24.3 Å². The monoisotopic (exact) mass is 603 g/mol. The molecule has 4 heterocycles. The SMILES string of the molecule is Cc1cccc(C)c1-c1cc2nc(n1)NS(=O)(=O)c1cccc(c1)C(=O)N1CCN(C3CCC4(CC3)COC4)C[C@H](C1)O2. The van der Waals surface area contributed by atoms with Gasteiger partial charge in [0.15, 0.2) is 0 Å². The molecule has 4 aliphatic rings. The molecule has 1 saturated carbocycles. The first-order chi connectivity index (χ1) is 20.7. The van der Waals surface area contributed by atoms with E-state index in [-0.39, 0.29) is 28.7 Å². The van der Waals surface area contributed by atoms with Crippen LogP contribution in [0.2, 0.25) is 0 Å². The Morgan fingerprint density at radius 2 is 1.70 bits per heavy atom. The van der Waals surface area contributed by atoms with Crippen molar-refractivity contribution in [3.8, 4) is 17.1 Å². The van der Waals surface area contributed by atoms with Crippen molar-refractivity contribution in [1.82, 2.24) is 19.8 Å². The Hall–Kier alpha value is -3.54. The van der Waals surface area contributed by atoms with E-state index in [1.807, 2.05) is 32.0 Å². The van der Waals surface area contributed by atoms with Gasteiger partial charge < -0.3 is 14.4 Å². The van der Waals surface area contributed by atoms with E-state index in [1.165, 1.54) is 12.1 Å². The molecule has 43 heavy (non-hydrogen) atoms. The van der Waals surface area contributed by atoms with Crippen LogP contribution in [0.25, 0.3) is 11.3 Å². The molecule has 11 heteroatoms. The zero-order valence-electron chi connectivity index (χ0n) is 24.6. The van der Waals surface area contributed by atoms with Crippen LogP contribution >= 0.6 is 0 Å². The Bertz CT molecular complexity index is 1640. The molecule has 3 fully saturated rings. The van der Waals surface area contributed by atoms with Crippen LogP contribution in [0, 0.1) is 19.3 Å². The smallest absolute Gasteiger partial charge is 0.264 e. The zero-order valence-corrected chi connectivity index (χ0v) is 25.4. The summed E-state index contributed by atoms with van der Waals surface area (Å²) >= 11 is 0. The van der Waals surface area contributed by atoms with Crippen LogP contribution in [0.4, 0.5) is 5.95 Å². The molecule has 0 radical (unpaired) electrons. The first-order valence-corrected chi connectivity index (χ1v) is 16.5. The molecule has 1 spiro atoms. The van der Waals surface area contributed by atoms with E-state index in [0.29, 0.717) is 42.3 Å². The number of rotatable bonds is 2. The van der Waals surface area contributed by atoms with E-state index in [2.05, 4.69) is 19.6 Å². The fourth-order valence-electron chi connectivity index (χ4n) is 7.05. The molecule has 1 N–H and O–H groups in total. The number of fused-ring (bicyclic) bond motifs is 6. The van der Waals surface area contributed by atoms with Gasteiger partial charge in [-0.15, -0.1) is 0 Å². The number of ether oxygens (including phenoxy) is 2. The van der Waals surface area contributed by atoms with Gasteiger partial charge in [0.25, 0.3) is 15.9 Å². The number of nitrogens with one attached hydrogen (secondary N) is 1. The minimum atomic E-state index is -4.08. The van der Waals surface area contributed by atoms with E-state index in [1.54, 1.807) is 23.1 Å². The highest BCUT2D eigenvalue weighted by atomic mass is 32.2. The van der Waals surface area contributed by atoms with Gasteiger partial charge >= 0.3 is 0 Å². The fraction of sp³-hybridized carbons (Fsp3) is 0.469. The number of aromatic nitrogens is 2. The molecule has 3 aliphatic heterocycles. The van der Waals surface area contributed by atoms with Crippen molar-refractivity contribution >= 4 is 21.9 Å². The molecule has 1 aromatic heterocycles. The summed E-state index contributed by atoms with van der Waals surface area (Å²) in [5, 5.41) is 0. The molecule has 2 saturated heterocycles. The maximum atomic E-state index is 13.8. The zero-order chi connectivity index (χ0) is 29.8. The van der Waals surface area contributed by atoms with Crippen LogP contribution in [-0.4, -0.2) is 85.6 Å². The third-order valence-corrected chi connectivity index (χ3v) is 10.8. The Labute approximate surface area is 252 Å². The van der Waals surface area contributed by atoms with Crippen LogP contribution in [0.3, 0.4) is 0 Å². The summed E-state index contributed by atoms with van der Waals surface area (Å²) in [4.78, 5) is 27.2. The summed E-state index contributed by atoms with van der Waals surface area (Å²) in [7, 11) is -4.08. The molecule has 10 nitrogen and oxygen atoms in total. The number of aryl methyl sites for hydroxylation is 2. The van der Waals surface area contributed by atoms with E-state index >= 15 is 0 Å². The molecular formula is C32H37N5O5S. The molecule has 7 rings (SSSR count). The number of hydrogen-bond donors (Lipinski definition) is 1. The number of benzene rings is 2. The Kier molecular flexibility index (Phi) is 7.14. The van der Waals surface area contributed by atoms with Crippen LogP contribution in [0.5, 0.6) is 5.88 Å². The third kappa shape index (κ3) is 5.49. The van der Waals surface area contributed by atoms with Crippen molar-refractivity contribution in [2.45, 2.75) is 56.6 Å². The maximum Gasteiger partial charge on any atom is 0.264 e. The molecule has 2 aromatic carbocycles. The lowest BCUT2D eigenvalue weighted by Crippen LogP contribution is -2.50. The van der Waals surface area contributed by atoms with E-state index in [0.717, 1.165) is 62.1 Å². The summed E-state index contributed by atoms with van der Waals surface area (Å²) in [6.07, 6.45) is 4.14. The van der Waals surface area contributed by atoms with Gasteiger partial charge in [-0.2, -0.15) is 4.98 Å². The molecule has 6 bridgehead atoms. The fourth-order valence-corrected chi connectivity index (χ4v) is 8.04. The van der Waals surface area contributed by atoms with Gasteiger partial charge in [-0.3, -0.25) is 9.69 Å². The number of carbonyl (C=O) groups excluding carboxylic acids is 1. The van der Waals surface area contributed by atoms with Gasteiger partial charge in [-0.25, -0.2) is 18.1 Å². The largest absolute Gasteiger partial charge is 0.471 e. The normalized spacial score (nSPS) is 23.5. The highest BCUT2D eigenvalue weighted by molar-refractivity contribution is 7.92. The molecule has 3 aromatic rings. The number of sulfonamides is 1. The van der Waals surface area contributed by atoms with Crippen LogP contribution in [-0.2, 0) is 14.8 Å². The molecule has 1 aliphatic carbocycles. The van der Waals surface area contributed by atoms with Crippen LogP contribution in [0.15, 0.2) is 53.4 Å². The summed E-state index contributed by atoms with van der Waals surface area (Å²) in [6.45, 7) is 8.00. The van der Waals surface area contributed by atoms with Gasteiger partial charge in [0.05, 0.1) is 30.3 Å². The average molecular weight is 604 g/mol. The molecule has 1 amide bonds. The van der Waals surface area contributed by atoms with E-state index in [9.17, 15) is 13.2 Å². The number of hydrogen-bond acceptors (Lipinski definition) is 8.